The normalized spacial score (nSPS) is 27.8. The van der Waals surface area contributed by atoms with E-state index < -0.39 is 5.72 Å². The number of aliphatic hydroxyl groups is 1. The lowest BCUT2D eigenvalue weighted by atomic mass is 10.0. The van der Waals surface area contributed by atoms with Crippen molar-refractivity contribution < 1.29 is 5.11 Å². The van der Waals surface area contributed by atoms with E-state index >= 15 is 0 Å². The lowest BCUT2D eigenvalue weighted by Gasteiger charge is -2.26. The topological polar surface area (TPSA) is 32.3 Å². The molecule has 68 valence electrons. The predicted octanol–water partition coefficient (Wildman–Crippen LogP) is 1.58. The highest BCUT2D eigenvalue weighted by Gasteiger charge is 2.21. The highest BCUT2D eigenvalue weighted by atomic mass is 16.3. The van der Waals surface area contributed by atoms with Crippen LogP contribution in [0.3, 0.4) is 0 Å². The van der Waals surface area contributed by atoms with Crippen LogP contribution in [-0.2, 0) is 0 Å². The Morgan fingerprint density at radius 3 is 2.92 bits per heavy atom. The van der Waals surface area contributed by atoms with Gasteiger partial charge in [0.1, 0.15) is 5.72 Å². The molecule has 0 amide bonds. The summed E-state index contributed by atoms with van der Waals surface area (Å²) in [5.74, 6) is 0. The van der Waals surface area contributed by atoms with Crippen molar-refractivity contribution in [3.8, 4) is 0 Å². The van der Waals surface area contributed by atoms with Gasteiger partial charge in [0.05, 0.1) is 0 Å². The van der Waals surface area contributed by atoms with Gasteiger partial charge in [-0.1, -0.05) is 31.6 Å². The number of unbranched alkanes of at least 4 members (excludes halogenated alkanes) is 1. The molecule has 0 radical (unpaired) electrons. The van der Waals surface area contributed by atoms with E-state index in [-0.39, 0.29) is 0 Å². The summed E-state index contributed by atoms with van der Waals surface area (Å²) in [4.78, 5) is 0. The first kappa shape index (κ1) is 9.49. The van der Waals surface area contributed by atoms with Crippen LogP contribution in [-0.4, -0.2) is 17.4 Å². The lowest BCUT2D eigenvalue weighted by molar-refractivity contribution is 0.0562. The molecule has 0 fully saturated rings. The van der Waals surface area contributed by atoms with Gasteiger partial charge in [0.15, 0.2) is 0 Å². The van der Waals surface area contributed by atoms with Crippen LogP contribution in [0.1, 0.15) is 26.2 Å². The van der Waals surface area contributed by atoms with Crippen molar-refractivity contribution in [1.29, 1.82) is 0 Å². The maximum atomic E-state index is 9.85. The summed E-state index contributed by atoms with van der Waals surface area (Å²) in [5.41, 5.74) is -0.788. The van der Waals surface area contributed by atoms with Crippen LogP contribution in [0, 0.1) is 0 Å². The molecule has 0 heterocycles. The molecule has 0 aromatic carbocycles. The molecule has 2 nitrogen and oxygen atoms in total. The van der Waals surface area contributed by atoms with Crippen molar-refractivity contribution in [1.82, 2.24) is 5.32 Å². The average molecular weight is 167 g/mol. The van der Waals surface area contributed by atoms with Crippen LogP contribution >= 0.6 is 0 Å². The zero-order valence-corrected chi connectivity index (χ0v) is 7.59. The van der Waals surface area contributed by atoms with Gasteiger partial charge in [0.2, 0.25) is 0 Å². The molecule has 1 aliphatic rings. The number of nitrogens with one attached hydrogen (secondary N) is 1. The zero-order chi connectivity index (χ0) is 8.86. The van der Waals surface area contributed by atoms with Gasteiger partial charge < -0.3 is 5.11 Å². The monoisotopic (exact) mass is 167 g/mol. The molecule has 2 heteroatoms. The number of hydrogen-bond acceptors (Lipinski definition) is 2. The fraction of sp³-hybridized carbons (Fsp3) is 0.600. The third-order valence-electron chi connectivity index (χ3n) is 2.01. The Kier molecular flexibility index (Phi) is 3.50. The molecule has 0 aromatic rings. The van der Waals surface area contributed by atoms with Gasteiger partial charge in [-0.3, -0.25) is 5.32 Å². The van der Waals surface area contributed by atoms with Gasteiger partial charge in [-0.25, -0.2) is 0 Å². The summed E-state index contributed by atoms with van der Waals surface area (Å²) in [6.45, 7) is 3.02. The van der Waals surface area contributed by atoms with Crippen LogP contribution in [0.4, 0.5) is 0 Å². The number of hydrogen-bond donors (Lipinski definition) is 2. The van der Waals surface area contributed by atoms with Crippen LogP contribution in [0.5, 0.6) is 0 Å². The Morgan fingerprint density at radius 1 is 1.50 bits per heavy atom. The average Bonchev–Trinajstić information content (AvgIpc) is 2.06. The molecule has 1 aliphatic carbocycles. The minimum atomic E-state index is -0.788. The number of rotatable bonds is 4. The van der Waals surface area contributed by atoms with E-state index in [9.17, 15) is 5.11 Å². The second-order valence-corrected chi connectivity index (χ2v) is 3.20. The van der Waals surface area contributed by atoms with Crippen LogP contribution in [0.15, 0.2) is 24.3 Å². The van der Waals surface area contributed by atoms with Gasteiger partial charge in [-0.05, 0) is 19.0 Å². The number of allylic oxidation sites excluding steroid dienone is 2. The molecule has 0 aromatic heterocycles. The predicted molar refractivity (Wildman–Crippen MR) is 50.8 cm³/mol. The summed E-state index contributed by atoms with van der Waals surface area (Å²) in [6, 6.07) is 0. The fourth-order valence-corrected chi connectivity index (χ4v) is 1.22. The third kappa shape index (κ3) is 2.80. The van der Waals surface area contributed by atoms with Gasteiger partial charge in [0, 0.05) is 6.42 Å². The molecule has 1 unspecified atom stereocenters. The van der Waals surface area contributed by atoms with Crippen LogP contribution in [0.25, 0.3) is 0 Å². The first-order valence-electron chi connectivity index (χ1n) is 4.58. The molecule has 1 atom stereocenters. The molecule has 0 spiro atoms. The highest BCUT2D eigenvalue weighted by Crippen LogP contribution is 2.13. The molecular formula is C10H17NO. The van der Waals surface area contributed by atoms with Crippen molar-refractivity contribution in [2.75, 3.05) is 6.54 Å². The maximum Gasteiger partial charge on any atom is 0.138 e. The quantitative estimate of drug-likeness (QED) is 0.492. The maximum absolute atomic E-state index is 9.85. The zero-order valence-electron chi connectivity index (χ0n) is 7.59. The molecular weight excluding hydrogens is 150 g/mol. The van der Waals surface area contributed by atoms with Crippen molar-refractivity contribution in [2.45, 2.75) is 31.9 Å². The Bertz CT molecular complexity index is 186. The molecule has 2 N–H and O–H groups in total. The summed E-state index contributed by atoms with van der Waals surface area (Å²) >= 11 is 0. The van der Waals surface area contributed by atoms with Gasteiger partial charge in [0.25, 0.3) is 0 Å². The van der Waals surface area contributed by atoms with Crippen LogP contribution in [0.2, 0.25) is 0 Å². The lowest BCUT2D eigenvalue weighted by Crippen LogP contribution is -2.43. The minimum Gasteiger partial charge on any atom is -0.372 e. The van der Waals surface area contributed by atoms with E-state index in [0.717, 1.165) is 19.4 Å². The Labute approximate surface area is 74.0 Å². The molecule has 0 aliphatic heterocycles. The van der Waals surface area contributed by atoms with Gasteiger partial charge in [-0.15, -0.1) is 0 Å². The van der Waals surface area contributed by atoms with Crippen LogP contribution < -0.4 is 5.32 Å². The Balaban J connectivity index is 2.29. The highest BCUT2D eigenvalue weighted by molar-refractivity contribution is 5.16. The molecule has 0 saturated carbocycles. The SMILES string of the molecule is CCCCNC1(O)C=CC=CC1. The summed E-state index contributed by atoms with van der Waals surface area (Å²) in [6.07, 6.45) is 10.6. The van der Waals surface area contributed by atoms with Crippen molar-refractivity contribution >= 4 is 0 Å². The van der Waals surface area contributed by atoms with E-state index in [4.69, 9.17) is 0 Å². The molecule has 0 bridgehead atoms. The first-order valence-corrected chi connectivity index (χ1v) is 4.58. The first-order chi connectivity index (χ1) is 5.77. The molecule has 12 heavy (non-hydrogen) atoms. The fourth-order valence-electron chi connectivity index (χ4n) is 1.22. The third-order valence-corrected chi connectivity index (χ3v) is 2.01. The smallest absolute Gasteiger partial charge is 0.138 e. The largest absolute Gasteiger partial charge is 0.372 e. The van der Waals surface area contributed by atoms with Gasteiger partial charge >= 0.3 is 0 Å². The van der Waals surface area contributed by atoms with E-state index in [1.54, 1.807) is 0 Å². The van der Waals surface area contributed by atoms with Crippen molar-refractivity contribution in [2.24, 2.45) is 0 Å². The summed E-state index contributed by atoms with van der Waals surface area (Å²) < 4.78 is 0. The second-order valence-electron chi connectivity index (χ2n) is 3.20. The van der Waals surface area contributed by atoms with Gasteiger partial charge in [-0.2, -0.15) is 0 Å². The van der Waals surface area contributed by atoms with Crippen molar-refractivity contribution in [3.63, 3.8) is 0 Å². The van der Waals surface area contributed by atoms with E-state index in [1.165, 1.54) is 0 Å². The van der Waals surface area contributed by atoms with E-state index in [1.807, 2.05) is 24.3 Å². The minimum absolute atomic E-state index is 0.674. The second kappa shape index (κ2) is 4.43. The Morgan fingerprint density at radius 2 is 2.33 bits per heavy atom. The summed E-state index contributed by atoms with van der Waals surface area (Å²) in [7, 11) is 0. The standard InChI is InChI=1S/C10H17NO/c1-2-3-9-11-10(12)7-5-4-6-8-10/h4-7,11-12H,2-3,8-9H2,1H3. The van der Waals surface area contributed by atoms with E-state index in [2.05, 4.69) is 12.2 Å². The summed E-state index contributed by atoms with van der Waals surface area (Å²) in [5, 5.41) is 13.0. The van der Waals surface area contributed by atoms with E-state index in [0.29, 0.717) is 6.42 Å². The van der Waals surface area contributed by atoms with Crippen molar-refractivity contribution in [3.05, 3.63) is 24.3 Å². The Hall–Kier alpha value is -0.600. The molecule has 0 saturated heterocycles. The molecule has 1 rings (SSSR count).